The van der Waals surface area contributed by atoms with Gasteiger partial charge in [-0.3, -0.25) is 0 Å². The van der Waals surface area contributed by atoms with Gasteiger partial charge in [0.25, 0.3) is 0 Å². The van der Waals surface area contributed by atoms with Crippen LogP contribution in [0, 0.1) is 13.8 Å². The van der Waals surface area contributed by atoms with E-state index in [4.69, 9.17) is 4.74 Å². The van der Waals surface area contributed by atoms with Crippen LogP contribution in [0.4, 0.5) is 5.82 Å². The molecule has 2 aromatic carbocycles. The number of hydrogen-bond acceptors (Lipinski definition) is 7. The molecule has 35 heavy (non-hydrogen) atoms. The third kappa shape index (κ3) is 4.89. The number of benzene rings is 2. The van der Waals surface area contributed by atoms with Crippen LogP contribution in [0.1, 0.15) is 11.4 Å². The summed E-state index contributed by atoms with van der Waals surface area (Å²) < 4.78 is 35.5. The number of ether oxygens (including phenoxy) is 1. The number of anilines is 1. The average molecular weight is 491 g/mol. The maximum absolute atomic E-state index is 13.2. The van der Waals surface area contributed by atoms with Crippen LogP contribution >= 0.6 is 0 Å². The van der Waals surface area contributed by atoms with Crippen LogP contribution in [0.2, 0.25) is 0 Å². The molecule has 10 heteroatoms. The highest BCUT2D eigenvalue weighted by molar-refractivity contribution is 7.89. The van der Waals surface area contributed by atoms with E-state index in [2.05, 4.69) is 20.0 Å². The number of piperazine rings is 1. The van der Waals surface area contributed by atoms with Crippen LogP contribution in [0.3, 0.4) is 0 Å². The number of para-hydroxylation sites is 1. The smallest absolute Gasteiger partial charge is 0.243 e. The fourth-order valence-corrected chi connectivity index (χ4v) is 5.52. The molecule has 3 heterocycles. The predicted molar refractivity (Wildman–Crippen MR) is 133 cm³/mol. The standard InChI is InChI=1S/C25H26N6O3S/c1-19-16-20(2)31(28-19)25-17-24(26-18-27-25)29-12-14-30(15-13-29)35(32,33)23-10-8-22(9-11-23)34-21-6-4-3-5-7-21/h3-11,16-18H,12-15H2,1-2H3. The predicted octanol–water partition coefficient (Wildman–Crippen LogP) is 3.58. The third-order valence-corrected chi connectivity index (χ3v) is 7.78. The number of aryl methyl sites for hydroxylation is 2. The van der Waals surface area contributed by atoms with E-state index in [1.165, 1.54) is 10.6 Å². The first kappa shape index (κ1) is 23.0. The molecule has 0 amide bonds. The van der Waals surface area contributed by atoms with Gasteiger partial charge in [0, 0.05) is 37.9 Å². The van der Waals surface area contributed by atoms with Crippen molar-refractivity contribution >= 4 is 15.8 Å². The summed E-state index contributed by atoms with van der Waals surface area (Å²) in [5.41, 5.74) is 1.91. The van der Waals surface area contributed by atoms with Gasteiger partial charge in [0.2, 0.25) is 10.0 Å². The summed E-state index contributed by atoms with van der Waals surface area (Å²) in [7, 11) is -3.61. The van der Waals surface area contributed by atoms with Gasteiger partial charge in [-0.15, -0.1) is 0 Å². The molecule has 0 bridgehead atoms. The Bertz CT molecular complexity index is 1410. The fraction of sp³-hybridized carbons (Fsp3) is 0.240. The second-order valence-electron chi connectivity index (χ2n) is 8.35. The second-order valence-corrected chi connectivity index (χ2v) is 10.3. The molecule has 0 saturated carbocycles. The normalized spacial score (nSPS) is 14.7. The molecule has 0 aliphatic carbocycles. The first-order valence-electron chi connectivity index (χ1n) is 11.3. The van der Waals surface area contributed by atoms with E-state index in [0.717, 1.165) is 17.2 Å². The molecule has 5 rings (SSSR count). The first-order valence-corrected chi connectivity index (χ1v) is 12.8. The van der Waals surface area contributed by atoms with Gasteiger partial charge in [0.15, 0.2) is 5.82 Å². The number of rotatable bonds is 6. The van der Waals surface area contributed by atoms with Crippen molar-refractivity contribution in [3.63, 3.8) is 0 Å². The van der Waals surface area contributed by atoms with Gasteiger partial charge in [0.05, 0.1) is 10.6 Å². The SMILES string of the molecule is Cc1cc(C)n(-c2cc(N3CCN(S(=O)(=O)c4ccc(Oc5ccccc5)cc4)CC3)ncn2)n1. The molecule has 0 unspecified atom stereocenters. The van der Waals surface area contributed by atoms with Crippen LogP contribution in [0.25, 0.3) is 5.82 Å². The van der Waals surface area contributed by atoms with Crippen LogP contribution in [-0.4, -0.2) is 58.7 Å². The van der Waals surface area contributed by atoms with Gasteiger partial charge in [-0.05, 0) is 56.3 Å². The minimum absolute atomic E-state index is 0.250. The van der Waals surface area contributed by atoms with Gasteiger partial charge < -0.3 is 9.64 Å². The number of hydrogen-bond donors (Lipinski definition) is 0. The molecule has 1 aliphatic heterocycles. The molecule has 1 aliphatic rings. The van der Waals surface area contributed by atoms with Crippen LogP contribution in [0.15, 0.2) is 78.0 Å². The molecule has 180 valence electrons. The van der Waals surface area contributed by atoms with Crippen LogP contribution in [0.5, 0.6) is 11.5 Å². The molecule has 2 aromatic heterocycles. The van der Waals surface area contributed by atoms with Gasteiger partial charge in [-0.1, -0.05) is 18.2 Å². The van der Waals surface area contributed by atoms with Gasteiger partial charge in [-0.2, -0.15) is 9.40 Å². The number of nitrogens with zero attached hydrogens (tertiary/aromatic N) is 6. The Morgan fingerprint density at radius 3 is 2.11 bits per heavy atom. The Labute approximate surface area is 204 Å². The highest BCUT2D eigenvalue weighted by Crippen LogP contribution is 2.25. The average Bonchev–Trinajstić information content (AvgIpc) is 3.23. The third-order valence-electron chi connectivity index (χ3n) is 5.87. The summed E-state index contributed by atoms with van der Waals surface area (Å²) in [5, 5.41) is 4.49. The highest BCUT2D eigenvalue weighted by Gasteiger charge is 2.29. The summed E-state index contributed by atoms with van der Waals surface area (Å²) in [6.45, 7) is 5.71. The summed E-state index contributed by atoms with van der Waals surface area (Å²) in [6.07, 6.45) is 1.52. The maximum atomic E-state index is 13.2. The van der Waals surface area contributed by atoms with Gasteiger partial charge in [0.1, 0.15) is 23.6 Å². The van der Waals surface area contributed by atoms with E-state index in [1.807, 2.05) is 56.3 Å². The van der Waals surface area contributed by atoms with E-state index < -0.39 is 10.0 Å². The molecular weight excluding hydrogens is 464 g/mol. The molecule has 0 spiro atoms. The monoisotopic (exact) mass is 490 g/mol. The minimum atomic E-state index is -3.61. The lowest BCUT2D eigenvalue weighted by molar-refractivity contribution is 0.383. The van der Waals surface area contributed by atoms with Crippen molar-refractivity contribution < 1.29 is 13.2 Å². The maximum Gasteiger partial charge on any atom is 0.243 e. The van der Waals surface area contributed by atoms with Crippen molar-refractivity contribution in [3.8, 4) is 17.3 Å². The lowest BCUT2D eigenvalue weighted by Gasteiger charge is -2.34. The molecular formula is C25H26N6O3S. The van der Waals surface area contributed by atoms with Crippen LogP contribution < -0.4 is 9.64 Å². The molecule has 0 radical (unpaired) electrons. The van der Waals surface area contributed by atoms with Gasteiger partial charge in [-0.25, -0.2) is 23.1 Å². The van der Waals surface area contributed by atoms with Crippen molar-refractivity contribution in [3.05, 3.63) is 84.4 Å². The van der Waals surface area contributed by atoms with Crippen LogP contribution in [-0.2, 0) is 10.0 Å². The lowest BCUT2D eigenvalue weighted by Crippen LogP contribution is -2.48. The van der Waals surface area contributed by atoms with E-state index in [0.29, 0.717) is 43.5 Å². The van der Waals surface area contributed by atoms with Crippen molar-refractivity contribution in [2.24, 2.45) is 0 Å². The zero-order chi connectivity index (χ0) is 24.4. The Morgan fingerprint density at radius 1 is 0.800 bits per heavy atom. The summed E-state index contributed by atoms with van der Waals surface area (Å²) in [6, 6.07) is 19.8. The Hall–Kier alpha value is -3.76. The summed E-state index contributed by atoms with van der Waals surface area (Å²) in [5.74, 6) is 2.72. The Kier molecular flexibility index (Phi) is 6.23. The topological polar surface area (TPSA) is 93.5 Å². The second kappa shape index (κ2) is 9.47. The molecule has 0 atom stereocenters. The highest BCUT2D eigenvalue weighted by atomic mass is 32.2. The zero-order valence-corrected chi connectivity index (χ0v) is 20.4. The Morgan fingerprint density at radius 2 is 1.46 bits per heavy atom. The van der Waals surface area contributed by atoms with Crippen molar-refractivity contribution in [2.45, 2.75) is 18.7 Å². The molecule has 1 fully saturated rings. The van der Waals surface area contributed by atoms with E-state index in [-0.39, 0.29) is 4.90 Å². The van der Waals surface area contributed by atoms with Crippen molar-refractivity contribution in [2.75, 3.05) is 31.1 Å². The number of aromatic nitrogens is 4. The van der Waals surface area contributed by atoms with Crippen molar-refractivity contribution in [1.82, 2.24) is 24.1 Å². The molecule has 4 aromatic rings. The summed E-state index contributed by atoms with van der Waals surface area (Å²) in [4.78, 5) is 11.1. The quantitative estimate of drug-likeness (QED) is 0.408. The molecule has 1 saturated heterocycles. The van der Waals surface area contributed by atoms with E-state index in [1.54, 1.807) is 28.9 Å². The first-order chi connectivity index (χ1) is 16.9. The van der Waals surface area contributed by atoms with Crippen molar-refractivity contribution in [1.29, 1.82) is 0 Å². The molecule has 0 N–H and O–H groups in total. The molecule has 9 nitrogen and oxygen atoms in total. The minimum Gasteiger partial charge on any atom is -0.457 e. The van der Waals surface area contributed by atoms with E-state index >= 15 is 0 Å². The van der Waals surface area contributed by atoms with Gasteiger partial charge >= 0.3 is 0 Å². The fourth-order valence-electron chi connectivity index (χ4n) is 4.10. The summed E-state index contributed by atoms with van der Waals surface area (Å²) >= 11 is 0. The van der Waals surface area contributed by atoms with E-state index in [9.17, 15) is 8.42 Å². The largest absolute Gasteiger partial charge is 0.457 e. The Balaban J connectivity index is 1.25. The number of sulfonamides is 1. The zero-order valence-electron chi connectivity index (χ0n) is 19.6. The lowest BCUT2D eigenvalue weighted by atomic mass is 10.3.